The van der Waals surface area contributed by atoms with Crippen LogP contribution in [0.25, 0.3) is 43.5 Å². The molecule has 0 bridgehead atoms. The van der Waals surface area contributed by atoms with E-state index in [1.807, 2.05) is 19.9 Å². The van der Waals surface area contributed by atoms with Gasteiger partial charge in [0.2, 0.25) is 0 Å². The number of thiophene rings is 2. The lowest BCUT2D eigenvalue weighted by Gasteiger charge is -2.31. The Morgan fingerprint density at radius 2 is 0.880 bits per heavy atom. The molecule has 1 aliphatic heterocycles. The summed E-state index contributed by atoms with van der Waals surface area (Å²) >= 11 is 2.64. The average Bonchev–Trinajstić information content (AvgIpc) is 3.78. The van der Waals surface area contributed by atoms with E-state index in [4.69, 9.17) is 4.74 Å². The smallest absolute Gasteiger partial charge is 0.197 e. The molecule has 0 fully saturated rings. The monoisotopic (exact) mass is 706 g/mol. The van der Waals surface area contributed by atoms with Crippen molar-refractivity contribution in [3.8, 4) is 15.5 Å². The van der Waals surface area contributed by atoms with E-state index in [9.17, 15) is 36.7 Å². The summed E-state index contributed by atoms with van der Waals surface area (Å²) in [6.45, 7) is 3.74. The third-order valence-corrected chi connectivity index (χ3v) is 11.6. The van der Waals surface area contributed by atoms with Crippen molar-refractivity contribution in [2.45, 2.75) is 19.4 Å². The van der Waals surface area contributed by atoms with Gasteiger partial charge in [-0.1, -0.05) is 0 Å². The molecule has 0 unspecified atom stereocenters. The molecule has 11 heteroatoms. The third kappa shape index (κ3) is 4.36. The number of ketones is 4. The van der Waals surface area contributed by atoms with Crippen LogP contribution < -0.4 is 4.74 Å². The molecule has 3 aliphatic rings. The predicted octanol–water partition coefficient (Wildman–Crippen LogP) is 9.89. The van der Waals surface area contributed by atoms with Gasteiger partial charge in [-0.05, 0) is 108 Å². The summed E-state index contributed by atoms with van der Waals surface area (Å²) in [4.78, 5) is 56.3. The van der Waals surface area contributed by atoms with Crippen LogP contribution in [0.1, 0.15) is 70.6 Å². The zero-order chi connectivity index (χ0) is 35.0. The van der Waals surface area contributed by atoms with Gasteiger partial charge < -0.3 is 4.74 Å². The number of allylic oxidation sites excluding steroid dienone is 2. The van der Waals surface area contributed by atoms with Crippen molar-refractivity contribution < 1.29 is 41.5 Å². The lowest BCUT2D eigenvalue weighted by Crippen LogP contribution is -2.27. The van der Waals surface area contributed by atoms with Gasteiger partial charge in [-0.25, -0.2) is 17.6 Å². The summed E-state index contributed by atoms with van der Waals surface area (Å²) < 4.78 is 61.9. The molecular weight excluding hydrogens is 689 g/mol. The van der Waals surface area contributed by atoms with Crippen molar-refractivity contribution in [1.82, 2.24) is 0 Å². The van der Waals surface area contributed by atoms with Crippen LogP contribution in [0, 0.1) is 23.3 Å². The molecule has 5 nitrogen and oxygen atoms in total. The highest BCUT2D eigenvalue weighted by atomic mass is 32.1. The molecule has 4 aromatic carbocycles. The van der Waals surface area contributed by atoms with E-state index < -0.39 is 52.0 Å². The van der Waals surface area contributed by atoms with Crippen LogP contribution in [-0.2, 0) is 5.60 Å². The molecule has 0 saturated carbocycles. The van der Waals surface area contributed by atoms with Crippen LogP contribution in [0.2, 0.25) is 0 Å². The number of Topliss-reactive ketones (excluding diaryl/α,β-unsaturated/α-hetero) is 4. The Morgan fingerprint density at radius 1 is 0.520 bits per heavy atom. The largest absolute Gasteiger partial charge is 0.482 e. The van der Waals surface area contributed by atoms with E-state index in [2.05, 4.69) is 0 Å². The molecule has 244 valence electrons. The van der Waals surface area contributed by atoms with Gasteiger partial charge in [-0.15, -0.1) is 22.7 Å². The molecule has 3 heterocycles. The second kappa shape index (κ2) is 10.3. The van der Waals surface area contributed by atoms with Crippen LogP contribution in [-0.4, -0.2) is 23.1 Å². The minimum absolute atomic E-state index is 0.0682. The fraction of sp³-hybridized carbons (Fsp3) is 0.0769. The predicted molar refractivity (Wildman–Crippen MR) is 182 cm³/mol. The molecule has 0 radical (unpaired) electrons. The summed E-state index contributed by atoms with van der Waals surface area (Å²) in [6, 6.07) is 13.1. The minimum Gasteiger partial charge on any atom is -0.482 e. The Labute approximate surface area is 287 Å². The zero-order valence-electron chi connectivity index (χ0n) is 25.8. The van der Waals surface area contributed by atoms with Crippen LogP contribution in [0.3, 0.4) is 0 Å². The standard InChI is InChI=1S/C39H18F4O5S2/c1-39(2)27-13-19(11-25-33(44)21-3-15-7-28(40)29(41)8-16(15)4-22(21)34(25)45)49-37(27)38-32(48-39)14-20(50-38)12-26-35(46)23-5-17-9-30(42)31(43)10-18(17)6-24(23)36(26)47/h3-14H,1-2H3. The van der Waals surface area contributed by atoms with Crippen molar-refractivity contribution in [1.29, 1.82) is 0 Å². The Morgan fingerprint density at radius 3 is 1.28 bits per heavy atom. The molecule has 50 heavy (non-hydrogen) atoms. The molecule has 6 aromatic rings. The molecule has 0 spiro atoms. The lowest BCUT2D eigenvalue weighted by molar-refractivity contribution is 0.0975. The van der Waals surface area contributed by atoms with Gasteiger partial charge in [0.25, 0.3) is 0 Å². The van der Waals surface area contributed by atoms with E-state index in [1.54, 1.807) is 6.07 Å². The van der Waals surface area contributed by atoms with E-state index in [-0.39, 0.29) is 33.4 Å². The number of hydrogen-bond donors (Lipinski definition) is 0. The van der Waals surface area contributed by atoms with Crippen LogP contribution in [0.15, 0.2) is 71.8 Å². The molecule has 0 atom stereocenters. The maximum Gasteiger partial charge on any atom is 0.197 e. The lowest BCUT2D eigenvalue weighted by atomic mass is 9.95. The number of hydrogen-bond acceptors (Lipinski definition) is 7. The van der Waals surface area contributed by atoms with Gasteiger partial charge in [0.15, 0.2) is 46.4 Å². The first kappa shape index (κ1) is 30.5. The second-order valence-electron chi connectivity index (χ2n) is 12.8. The van der Waals surface area contributed by atoms with Crippen molar-refractivity contribution in [2.75, 3.05) is 0 Å². The van der Waals surface area contributed by atoms with Gasteiger partial charge in [0, 0.05) is 37.6 Å². The fourth-order valence-electron chi connectivity index (χ4n) is 6.80. The summed E-state index contributed by atoms with van der Waals surface area (Å²) in [7, 11) is 0. The summed E-state index contributed by atoms with van der Waals surface area (Å²) in [5, 5.41) is 1.20. The van der Waals surface area contributed by atoms with Crippen molar-refractivity contribution in [3.63, 3.8) is 0 Å². The van der Waals surface area contributed by atoms with Gasteiger partial charge in [-0.3, -0.25) is 19.2 Å². The van der Waals surface area contributed by atoms with Gasteiger partial charge >= 0.3 is 0 Å². The number of benzene rings is 4. The van der Waals surface area contributed by atoms with E-state index in [1.165, 1.54) is 59.1 Å². The molecule has 0 amide bonds. The molecule has 2 aromatic heterocycles. The first-order chi connectivity index (χ1) is 23.8. The van der Waals surface area contributed by atoms with Crippen LogP contribution in [0.5, 0.6) is 5.75 Å². The Bertz CT molecular complexity index is 2600. The van der Waals surface area contributed by atoms with Gasteiger partial charge in [0.05, 0.1) is 20.9 Å². The number of carbonyl (C=O) groups is 4. The van der Waals surface area contributed by atoms with Gasteiger partial charge in [-0.2, -0.15) is 0 Å². The fourth-order valence-corrected chi connectivity index (χ4v) is 9.23. The summed E-state index contributed by atoms with van der Waals surface area (Å²) in [6.07, 6.45) is 3.00. The zero-order valence-corrected chi connectivity index (χ0v) is 27.4. The van der Waals surface area contributed by atoms with Crippen molar-refractivity contribution in [3.05, 3.63) is 133 Å². The quantitative estimate of drug-likeness (QED) is 0.102. The SMILES string of the molecule is CC1(C)Oc2cc(C=C3C(=O)c4cc5cc(F)c(F)cc5cc4C3=O)sc2-c2sc(C=C3C(=O)c4cc5cc(F)c(F)cc5cc4C3=O)cc21. The molecule has 0 saturated heterocycles. The van der Waals surface area contributed by atoms with E-state index in [0.717, 1.165) is 39.6 Å². The first-order valence-corrected chi connectivity index (χ1v) is 16.9. The Balaban J connectivity index is 1.08. The topological polar surface area (TPSA) is 77.5 Å². The summed E-state index contributed by atoms with van der Waals surface area (Å²) in [5.41, 5.74) is 0.302. The Hall–Kier alpha value is -5.52. The van der Waals surface area contributed by atoms with E-state index >= 15 is 0 Å². The molecule has 2 aliphatic carbocycles. The minimum atomic E-state index is -1.06. The number of ether oxygens (including phenoxy) is 1. The number of rotatable bonds is 2. The number of carbonyl (C=O) groups excluding carboxylic acids is 4. The van der Waals surface area contributed by atoms with Crippen LogP contribution >= 0.6 is 22.7 Å². The van der Waals surface area contributed by atoms with Gasteiger partial charge in [0.1, 0.15) is 11.4 Å². The first-order valence-electron chi connectivity index (χ1n) is 15.2. The van der Waals surface area contributed by atoms with Crippen molar-refractivity contribution >= 4 is 79.5 Å². The maximum atomic E-state index is 13.9. The maximum absolute atomic E-state index is 13.9. The number of fused-ring (bicyclic) bond motifs is 7. The van der Waals surface area contributed by atoms with Crippen molar-refractivity contribution in [2.24, 2.45) is 0 Å². The highest BCUT2D eigenvalue weighted by Gasteiger charge is 2.39. The molecule has 0 N–H and O–H groups in total. The average molecular weight is 707 g/mol. The third-order valence-electron chi connectivity index (χ3n) is 9.25. The highest BCUT2D eigenvalue weighted by Crippen LogP contribution is 2.53. The Kier molecular flexibility index (Phi) is 6.26. The normalized spacial score (nSPS) is 15.8. The molecule has 9 rings (SSSR count). The highest BCUT2D eigenvalue weighted by molar-refractivity contribution is 7.23. The van der Waals surface area contributed by atoms with E-state index in [0.29, 0.717) is 37.0 Å². The van der Waals surface area contributed by atoms with Crippen LogP contribution in [0.4, 0.5) is 17.6 Å². The molecular formula is C39H18F4O5S2. The second-order valence-corrected chi connectivity index (χ2v) is 15.0. The number of halogens is 4. The summed E-state index contributed by atoms with van der Waals surface area (Å²) in [5.74, 6) is -5.77.